The summed E-state index contributed by atoms with van der Waals surface area (Å²) >= 11 is 12.0. The Hall–Kier alpha value is -4.73. The van der Waals surface area contributed by atoms with Crippen LogP contribution < -0.4 is 20.3 Å². The zero-order valence-electron chi connectivity index (χ0n) is 21.7. The highest BCUT2D eigenvalue weighted by Crippen LogP contribution is 2.42. The summed E-state index contributed by atoms with van der Waals surface area (Å²) in [5, 5.41) is 7.50. The average molecular weight is 581 g/mol. The number of aromatic nitrogens is 3. The largest absolute Gasteiger partial charge is 0.484 e. The lowest BCUT2D eigenvalue weighted by Crippen LogP contribution is -2.30. The van der Waals surface area contributed by atoms with E-state index >= 15 is 0 Å². The third-order valence-electron chi connectivity index (χ3n) is 6.68. The SMILES string of the molecule is O=C(COc1ccccc1)Nc1ccc(N2C(=S)N[C@H](c3ccccn3)[C@H]2c2cccn2-c2ccc(Cl)cn2)cc1. The van der Waals surface area contributed by atoms with E-state index in [-0.39, 0.29) is 24.6 Å². The van der Waals surface area contributed by atoms with E-state index in [4.69, 9.17) is 28.6 Å². The number of amides is 1. The maximum absolute atomic E-state index is 12.5. The molecular weight excluding hydrogens is 556 g/mol. The number of ether oxygens (including phenoxy) is 1. The number of thiocarbonyl (C=S) groups is 1. The van der Waals surface area contributed by atoms with Gasteiger partial charge < -0.3 is 24.8 Å². The molecule has 2 atom stereocenters. The molecule has 1 aliphatic rings. The maximum atomic E-state index is 12.5. The zero-order valence-corrected chi connectivity index (χ0v) is 23.3. The van der Waals surface area contributed by atoms with Gasteiger partial charge in [-0.05, 0) is 85.0 Å². The Morgan fingerprint density at radius 1 is 0.951 bits per heavy atom. The molecule has 204 valence electrons. The Labute approximate surface area is 247 Å². The van der Waals surface area contributed by atoms with Crippen LogP contribution in [0.25, 0.3) is 5.82 Å². The minimum Gasteiger partial charge on any atom is -0.484 e. The van der Waals surface area contributed by atoms with E-state index in [0.717, 1.165) is 22.9 Å². The van der Waals surface area contributed by atoms with E-state index in [1.165, 1.54) is 0 Å². The van der Waals surface area contributed by atoms with Crippen LogP contribution in [0.3, 0.4) is 0 Å². The molecule has 5 aromatic rings. The highest BCUT2D eigenvalue weighted by Gasteiger charge is 2.42. The van der Waals surface area contributed by atoms with E-state index in [0.29, 0.717) is 21.6 Å². The Morgan fingerprint density at radius 2 is 1.76 bits per heavy atom. The summed E-state index contributed by atoms with van der Waals surface area (Å²) in [5.41, 5.74) is 3.35. The van der Waals surface area contributed by atoms with Gasteiger partial charge in [-0.2, -0.15) is 0 Å². The van der Waals surface area contributed by atoms with Crippen molar-refractivity contribution in [2.24, 2.45) is 0 Å². The van der Waals surface area contributed by atoms with E-state index in [1.807, 2.05) is 102 Å². The van der Waals surface area contributed by atoms with Crippen molar-refractivity contribution in [1.29, 1.82) is 0 Å². The number of carbonyl (C=O) groups excluding carboxylic acids is 1. The van der Waals surface area contributed by atoms with E-state index < -0.39 is 0 Å². The van der Waals surface area contributed by atoms with Gasteiger partial charge in [0.15, 0.2) is 11.7 Å². The van der Waals surface area contributed by atoms with Gasteiger partial charge in [-0.15, -0.1) is 0 Å². The fraction of sp³-hybridized carbons (Fsp3) is 0.0968. The number of anilines is 2. The van der Waals surface area contributed by atoms with E-state index in [9.17, 15) is 4.79 Å². The monoisotopic (exact) mass is 580 g/mol. The molecule has 0 spiro atoms. The molecule has 2 N–H and O–H groups in total. The van der Waals surface area contributed by atoms with Crippen molar-refractivity contribution in [3.63, 3.8) is 0 Å². The second kappa shape index (κ2) is 11.8. The lowest BCUT2D eigenvalue weighted by Gasteiger charge is -2.29. The summed E-state index contributed by atoms with van der Waals surface area (Å²) in [6.07, 6.45) is 5.37. The van der Waals surface area contributed by atoms with Crippen LogP contribution in [0.2, 0.25) is 5.02 Å². The van der Waals surface area contributed by atoms with Gasteiger partial charge in [0.1, 0.15) is 17.6 Å². The number of pyridine rings is 2. The fourth-order valence-electron chi connectivity index (χ4n) is 4.86. The van der Waals surface area contributed by atoms with Gasteiger partial charge in [-0.3, -0.25) is 9.78 Å². The summed E-state index contributed by atoms with van der Waals surface area (Å²) in [6, 6.07) is 29.9. The van der Waals surface area contributed by atoms with Crippen molar-refractivity contribution in [3.8, 4) is 11.6 Å². The zero-order chi connectivity index (χ0) is 28.2. The van der Waals surface area contributed by atoms with Crippen LogP contribution in [-0.2, 0) is 4.79 Å². The topological polar surface area (TPSA) is 84.3 Å². The smallest absolute Gasteiger partial charge is 0.262 e. The second-order valence-corrected chi connectivity index (χ2v) is 10.2. The standard InChI is InChI=1S/C31H25ClN6O2S/c32-21-11-16-27(34-19-21)37-18-6-10-26(37)30-29(25-9-4-5-17-33-25)36-31(41)38(30)23-14-12-22(13-15-23)35-28(39)20-40-24-7-2-1-3-8-24/h1-19,29-30H,20H2,(H,35,39)(H,36,41)/t29-,30-/m1/s1. The first-order chi connectivity index (χ1) is 20.1. The molecule has 3 aromatic heterocycles. The molecule has 41 heavy (non-hydrogen) atoms. The minimum atomic E-state index is -0.249. The van der Waals surface area contributed by atoms with Crippen LogP contribution in [-0.4, -0.2) is 32.2 Å². The first-order valence-electron chi connectivity index (χ1n) is 12.9. The first-order valence-corrected chi connectivity index (χ1v) is 13.7. The molecule has 2 aromatic carbocycles. The van der Waals surface area contributed by atoms with Gasteiger partial charge in [0.2, 0.25) is 0 Å². The predicted molar refractivity (Wildman–Crippen MR) is 164 cm³/mol. The van der Waals surface area contributed by atoms with Crippen LogP contribution in [0.15, 0.2) is 116 Å². The molecule has 6 rings (SSSR count). The fourth-order valence-corrected chi connectivity index (χ4v) is 5.31. The number of rotatable bonds is 8. The van der Waals surface area contributed by atoms with Crippen molar-refractivity contribution in [3.05, 3.63) is 132 Å². The number of nitrogens with one attached hydrogen (secondary N) is 2. The van der Waals surface area contributed by atoms with Crippen LogP contribution in [0, 0.1) is 0 Å². The molecule has 8 nitrogen and oxygen atoms in total. The van der Waals surface area contributed by atoms with Crippen molar-refractivity contribution in [2.45, 2.75) is 12.1 Å². The van der Waals surface area contributed by atoms with Crippen molar-refractivity contribution >= 4 is 46.2 Å². The summed E-state index contributed by atoms with van der Waals surface area (Å²) < 4.78 is 7.58. The molecule has 4 heterocycles. The third kappa shape index (κ3) is 5.77. The summed E-state index contributed by atoms with van der Waals surface area (Å²) in [4.78, 5) is 23.7. The minimum absolute atomic E-state index is 0.0878. The van der Waals surface area contributed by atoms with Crippen molar-refractivity contribution in [1.82, 2.24) is 19.9 Å². The van der Waals surface area contributed by atoms with Gasteiger partial charge in [0.25, 0.3) is 5.91 Å². The van der Waals surface area contributed by atoms with E-state index in [1.54, 1.807) is 12.4 Å². The van der Waals surface area contributed by atoms with Gasteiger partial charge in [0.05, 0.1) is 16.8 Å². The average Bonchev–Trinajstić information content (AvgIpc) is 3.62. The number of benzene rings is 2. The van der Waals surface area contributed by atoms with Gasteiger partial charge >= 0.3 is 0 Å². The normalized spacial score (nSPS) is 16.3. The van der Waals surface area contributed by atoms with Gasteiger partial charge in [-0.1, -0.05) is 35.9 Å². The third-order valence-corrected chi connectivity index (χ3v) is 7.22. The Kier molecular flexibility index (Phi) is 7.62. The lowest BCUT2D eigenvalue weighted by atomic mass is 10.0. The molecule has 1 aliphatic heterocycles. The van der Waals surface area contributed by atoms with Crippen LogP contribution in [0.4, 0.5) is 11.4 Å². The van der Waals surface area contributed by atoms with Crippen LogP contribution in [0.5, 0.6) is 5.75 Å². The first kappa shape index (κ1) is 26.5. The number of carbonyl (C=O) groups is 1. The molecule has 1 fully saturated rings. The molecule has 1 saturated heterocycles. The van der Waals surface area contributed by atoms with Crippen LogP contribution >= 0.6 is 23.8 Å². The Balaban J connectivity index is 1.28. The molecule has 0 aliphatic carbocycles. The number of hydrogen-bond donors (Lipinski definition) is 2. The Morgan fingerprint density at radius 3 is 2.49 bits per heavy atom. The van der Waals surface area contributed by atoms with E-state index in [2.05, 4.69) is 31.6 Å². The van der Waals surface area contributed by atoms with Gasteiger partial charge in [0, 0.05) is 35.7 Å². The summed E-state index contributed by atoms with van der Waals surface area (Å²) in [7, 11) is 0. The molecule has 0 radical (unpaired) electrons. The second-order valence-electron chi connectivity index (χ2n) is 9.33. The summed E-state index contributed by atoms with van der Waals surface area (Å²) in [6.45, 7) is -0.0878. The quantitative estimate of drug-likeness (QED) is 0.214. The molecule has 1 amide bonds. The number of nitrogens with zero attached hydrogens (tertiary/aromatic N) is 4. The highest BCUT2D eigenvalue weighted by molar-refractivity contribution is 7.80. The molecule has 0 bridgehead atoms. The van der Waals surface area contributed by atoms with Crippen LogP contribution in [0.1, 0.15) is 23.5 Å². The number of hydrogen-bond acceptors (Lipinski definition) is 5. The molecule has 0 saturated carbocycles. The summed E-state index contributed by atoms with van der Waals surface area (Å²) in [5.74, 6) is 1.13. The number of para-hydroxylation sites is 1. The molecule has 0 unspecified atom stereocenters. The van der Waals surface area contributed by atoms with Gasteiger partial charge in [-0.25, -0.2) is 4.98 Å². The molecule has 10 heteroatoms. The van der Waals surface area contributed by atoms with Crippen molar-refractivity contribution in [2.75, 3.05) is 16.8 Å². The lowest BCUT2D eigenvalue weighted by molar-refractivity contribution is -0.118. The highest BCUT2D eigenvalue weighted by atomic mass is 35.5. The molecular formula is C31H25ClN6O2S. The predicted octanol–water partition coefficient (Wildman–Crippen LogP) is 6.12. The number of halogens is 1. The maximum Gasteiger partial charge on any atom is 0.262 e. The van der Waals surface area contributed by atoms with Crippen molar-refractivity contribution < 1.29 is 9.53 Å². The Bertz CT molecular complexity index is 1650.